The summed E-state index contributed by atoms with van der Waals surface area (Å²) in [7, 11) is 1.63. The molecule has 7 heteroatoms. The number of hydrogen-bond acceptors (Lipinski definition) is 4. The van der Waals surface area contributed by atoms with E-state index in [1.165, 1.54) is 0 Å². The van der Waals surface area contributed by atoms with Gasteiger partial charge in [-0.25, -0.2) is 4.98 Å². The van der Waals surface area contributed by atoms with E-state index >= 15 is 0 Å². The number of halogens is 3. The summed E-state index contributed by atoms with van der Waals surface area (Å²) in [4.78, 5) is 7.82. The van der Waals surface area contributed by atoms with Crippen LogP contribution in [0.3, 0.4) is 0 Å². The van der Waals surface area contributed by atoms with Gasteiger partial charge in [0.2, 0.25) is 5.88 Å². The Morgan fingerprint density at radius 2 is 1.88 bits per heavy atom. The molecule has 0 fully saturated rings. The third-order valence-corrected chi connectivity index (χ3v) is 1.82. The third-order valence-electron chi connectivity index (χ3n) is 1.82. The first-order chi connectivity index (χ1) is 7.33. The van der Waals surface area contributed by atoms with E-state index in [0.29, 0.717) is 17.2 Å². The first-order valence-corrected chi connectivity index (χ1v) is 4.56. The summed E-state index contributed by atoms with van der Waals surface area (Å²) in [6.07, 6.45) is -4.37. The van der Waals surface area contributed by atoms with Gasteiger partial charge in [0.1, 0.15) is 11.6 Å². The molecule has 0 atom stereocenters. The molecule has 0 saturated heterocycles. The summed E-state index contributed by atoms with van der Waals surface area (Å²) < 4.78 is 40.5. The van der Waals surface area contributed by atoms with Gasteiger partial charge in [-0.05, 0) is 13.8 Å². The maximum atomic E-state index is 12.0. The van der Waals surface area contributed by atoms with Crippen LogP contribution in [0.5, 0.6) is 5.88 Å². The number of alkyl halides is 3. The summed E-state index contributed by atoms with van der Waals surface area (Å²) in [6, 6.07) is 0. The molecule has 0 amide bonds. The SMILES string of the molecule is CNc1nc(C)nc(OCC(F)(F)F)c1C. The molecule has 90 valence electrons. The molecule has 1 N–H and O–H groups in total. The minimum absolute atomic E-state index is 0.0471. The fourth-order valence-electron chi connectivity index (χ4n) is 1.14. The predicted octanol–water partition coefficient (Wildman–Crippen LogP) is 2.08. The summed E-state index contributed by atoms with van der Waals surface area (Å²) in [5.74, 6) is 0.769. The maximum absolute atomic E-state index is 12.0. The van der Waals surface area contributed by atoms with Gasteiger partial charge in [0.15, 0.2) is 6.61 Å². The van der Waals surface area contributed by atoms with E-state index < -0.39 is 12.8 Å². The smallest absolute Gasteiger partial charge is 0.422 e. The average molecular weight is 235 g/mol. The molecule has 0 saturated carbocycles. The van der Waals surface area contributed by atoms with E-state index in [2.05, 4.69) is 20.0 Å². The second-order valence-corrected chi connectivity index (χ2v) is 3.20. The zero-order valence-electron chi connectivity index (χ0n) is 9.14. The molecule has 1 rings (SSSR count). The predicted molar refractivity (Wildman–Crippen MR) is 52.6 cm³/mol. The number of aryl methyl sites for hydroxylation is 1. The molecule has 0 spiro atoms. The normalized spacial score (nSPS) is 11.4. The fraction of sp³-hybridized carbons (Fsp3) is 0.556. The third kappa shape index (κ3) is 3.25. The van der Waals surface area contributed by atoms with Crippen LogP contribution in [0.1, 0.15) is 11.4 Å². The van der Waals surface area contributed by atoms with Gasteiger partial charge in [-0.15, -0.1) is 0 Å². The minimum atomic E-state index is -4.37. The highest BCUT2D eigenvalue weighted by Crippen LogP contribution is 2.23. The van der Waals surface area contributed by atoms with Crippen molar-refractivity contribution >= 4 is 5.82 Å². The standard InChI is InChI=1S/C9H12F3N3O/c1-5-7(13-3)14-6(2)15-8(5)16-4-9(10,11)12/h4H2,1-3H3,(H,13,14,15). The van der Waals surface area contributed by atoms with E-state index in [4.69, 9.17) is 0 Å². The minimum Gasteiger partial charge on any atom is -0.468 e. The van der Waals surface area contributed by atoms with Crippen LogP contribution in [0, 0.1) is 13.8 Å². The molecular formula is C9H12F3N3O. The number of nitrogens with one attached hydrogen (secondary N) is 1. The molecule has 0 radical (unpaired) electrons. The van der Waals surface area contributed by atoms with Crippen LogP contribution in [0.25, 0.3) is 0 Å². The highest BCUT2D eigenvalue weighted by atomic mass is 19.4. The Labute approximate surface area is 90.9 Å². The van der Waals surface area contributed by atoms with Crippen LogP contribution in [-0.4, -0.2) is 29.8 Å². The number of nitrogens with zero attached hydrogens (tertiary/aromatic N) is 2. The summed E-state index contributed by atoms with van der Waals surface area (Å²) in [6.45, 7) is 1.82. The second kappa shape index (κ2) is 4.54. The van der Waals surface area contributed by atoms with Gasteiger partial charge in [-0.2, -0.15) is 18.2 Å². The van der Waals surface area contributed by atoms with Crippen LogP contribution in [0.4, 0.5) is 19.0 Å². The lowest BCUT2D eigenvalue weighted by molar-refractivity contribution is -0.154. The quantitative estimate of drug-likeness (QED) is 0.871. The van der Waals surface area contributed by atoms with Crippen molar-refractivity contribution in [2.75, 3.05) is 19.0 Å². The molecule has 4 nitrogen and oxygen atoms in total. The summed E-state index contributed by atoms with van der Waals surface area (Å²) in [5.41, 5.74) is 0.456. The molecule has 0 aliphatic heterocycles. The lowest BCUT2D eigenvalue weighted by Gasteiger charge is -2.13. The van der Waals surface area contributed by atoms with Crippen molar-refractivity contribution in [2.24, 2.45) is 0 Å². The molecule has 0 aliphatic rings. The monoisotopic (exact) mass is 235 g/mol. The van der Waals surface area contributed by atoms with Gasteiger partial charge in [0, 0.05) is 7.05 Å². The number of hydrogen-bond donors (Lipinski definition) is 1. The maximum Gasteiger partial charge on any atom is 0.422 e. The van der Waals surface area contributed by atoms with Crippen molar-refractivity contribution in [3.63, 3.8) is 0 Å². The lowest BCUT2D eigenvalue weighted by Crippen LogP contribution is -2.20. The van der Waals surface area contributed by atoms with Gasteiger partial charge in [-0.3, -0.25) is 0 Å². The van der Waals surface area contributed by atoms with Crippen LogP contribution >= 0.6 is 0 Å². The molecule has 0 unspecified atom stereocenters. The van der Waals surface area contributed by atoms with Crippen LogP contribution in [0.2, 0.25) is 0 Å². The molecule has 1 aromatic heterocycles. The van der Waals surface area contributed by atoms with E-state index in [0.717, 1.165) is 0 Å². The van der Waals surface area contributed by atoms with E-state index in [1.807, 2.05) is 0 Å². The average Bonchev–Trinajstić information content (AvgIpc) is 2.17. The van der Waals surface area contributed by atoms with E-state index in [9.17, 15) is 13.2 Å². The Bertz CT molecular complexity index is 379. The van der Waals surface area contributed by atoms with E-state index in [-0.39, 0.29) is 5.88 Å². The Morgan fingerprint density at radius 1 is 1.25 bits per heavy atom. The van der Waals surface area contributed by atoms with Gasteiger partial charge in [0.05, 0.1) is 5.56 Å². The Morgan fingerprint density at radius 3 is 2.38 bits per heavy atom. The van der Waals surface area contributed by atoms with Gasteiger partial charge in [-0.1, -0.05) is 0 Å². The Kier molecular flexibility index (Phi) is 3.56. The number of rotatable bonds is 3. The molecule has 16 heavy (non-hydrogen) atoms. The first-order valence-electron chi connectivity index (χ1n) is 4.56. The van der Waals surface area contributed by atoms with Gasteiger partial charge in [0.25, 0.3) is 0 Å². The van der Waals surface area contributed by atoms with Crippen molar-refractivity contribution in [3.8, 4) is 5.88 Å². The summed E-state index contributed by atoms with van der Waals surface area (Å²) >= 11 is 0. The molecule has 1 aromatic rings. The zero-order chi connectivity index (χ0) is 12.3. The van der Waals surface area contributed by atoms with Crippen molar-refractivity contribution in [1.82, 2.24) is 9.97 Å². The molecular weight excluding hydrogens is 223 g/mol. The zero-order valence-corrected chi connectivity index (χ0v) is 9.14. The largest absolute Gasteiger partial charge is 0.468 e. The molecule has 0 aliphatic carbocycles. The van der Waals surface area contributed by atoms with Crippen molar-refractivity contribution in [3.05, 3.63) is 11.4 Å². The Hall–Kier alpha value is -1.53. The molecule has 1 heterocycles. The van der Waals surface area contributed by atoms with E-state index in [1.54, 1.807) is 20.9 Å². The lowest BCUT2D eigenvalue weighted by atomic mass is 10.3. The number of aromatic nitrogens is 2. The first kappa shape index (κ1) is 12.5. The van der Waals surface area contributed by atoms with Gasteiger partial charge >= 0.3 is 6.18 Å². The molecule has 0 aromatic carbocycles. The van der Waals surface area contributed by atoms with Gasteiger partial charge < -0.3 is 10.1 Å². The highest BCUT2D eigenvalue weighted by Gasteiger charge is 2.29. The number of anilines is 1. The number of ether oxygens (including phenoxy) is 1. The van der Waals surface area contributed by atoms with Crippen molar-refractivity contribution < 1.29 is 17.9 Å². The summed E-state index contributed by atoms with van der Waals surface area (Å²) in [5, 5.41) is 2.76. The van der Waals surface area contributed by atoms with Crippen LogP contribution in [0.15, 0.2) is 0 Å². The van der Waals surface area contributed by atoms with Crippen molar-refractivity contribution in [1.29, 1.82) is 0 Å². The van der Waals surface area contributed by atoms with Crippen molar-refractivity contribution in [2.45, 2.75) is 20.0 Å². The van der Waals surface area contributed by atoms with Crippen LogP contribution in [-0.2, 0) is 0 Å². The second-order valence-electron chi connectivity index (χ2n) is 3.20. The molecule has 0 bridgehead atoms. The fourth-order valence-corrected chi connectivity index (χ4v) is 1.14. The van der Waals surface area contributed by atoms with Crippen LogP contribution < -0.4 is 10.1 Å². The topological polar surface area (TPSA) is 47.0 Å². The Balaban J connectivity index is 2.91. The highest BCUT2D eigenvalue weighted by molar-refractivity contribution is 5.47.